The van der Waals surface area contributed by atoms with Crippen LogP contribution in [0.1, 0.15) is 39.5 Å². The van der Waals surface area contributed by atoms with E-state index in [9.17, 15) is 0 Å². The Morgan fingerprint density at radius 3 is 2.82 bits per heavy atom. The van der Waals surface area contributed by atoms with E-state index in [1.807, 2.05) is 0 Å². The highest BCUT2D eigenvalue weighted by Crippen LogP contribution is 2.25. The van der Waals surface area contributed by atoms with Crippen molar-refractivity contribution < 1.29 is 0 Å². The molecule has 130 valence electrons. The van der Waals surface area contributed by atoms with Gasteiger partial charge in [0.05, 0.1) is 6.54 Å². The lowest BCUT2D eigenvalue weighted by atomic mass is 10.0. The van der Waals surface area contributed by atoms with Gasteiger partial charge >= 0.3 is 0 Å². The number of halogens is 1. The van der Waals surface area contributed by atoms with E-state index >= 15 is 0 Å². The molecule has 0 radical (unpaired) electrons. The average Bonchev–Trinajstić information content (AvgIpc) is 2.98. The van der Waals surface area contributed by atoms with Crippen molar-refractivity contribution in [2.24, 2.45) is 10.9 Å². The Morgan fingerprint density at radius 2 is 2.14 bits per heavy atom. The Balaban J connectivity index is 0.00000242. The summed E-state index contributed by atoms with van der Waals surface area (Å²) in [6.07, 6.45) is 5.45. The Bertz CT molecular complexity index is 321. The molecular weight excluding hydrogens is 407 g/mol. The fourth-order valence-corrected chi connectivity index (χ4v) is 4.33. The first-order valence-corrected chi connectivity index (χ1v) is 9.69. The predicted molar refractivity (Wildman–Crippen MR) is 110 cm³/mol. The quantitative estimate of drug-likeness (QED) is 0.379. The zero-order valence-corrected chi connectivity index (χ0v) is 17.3. The minimum Gasteiger partial charge on any atom is -0.357 e. The highest BCUT2D eigenvalue weighted by molar-refractivity contribution is 14.0. The van der Waals surface area contributed by atoms with Crippen molar-refractivity contribution in [3.05, 3.63) is 0 Å². The van der Waals surface area contributed by atoms with Crippen LogP contribution in [-0.4, -0.2) is 61.1 Å². The minimum absolute atomic E-state index is 0. The number of piperidine rings is 1. The standard InChI is InChI=1S/C16H32N4S.HI/c1-3-17-16(19-12-15-7-5-11-21-15)18-8-10-20-9-4-6-14(2)13-20;/h14-15H,3-13H2,1-2H3,(H2,17,18,19);1H. The largest absolute Gasteiger partial charge is 0.357 e. The second-order valence-electron chi connectivity index (χ2n) is 6.33. The summed E-state index contributed by atoms with van der Waals surface area (Å²) in [5.41, 5.74) is 0. The third-order valence-electron chi connectivity index (χ3n) is 4.28. The van der Waals surface area contributed by atoms with Gasteiger partial charge in [0.1, 0.15) is 0 Å². The summed E-state index contributed by atoms with van der Waals surface area (Å²) in [5.74, 6) is 3.17. The maximum absolute atomic E-state index is 4.75. The second kappa shape index (κ2) is 11.8. The molecule has 2 atom stereocenters. The van der Waals surface area contributed by atoms with Crippen LogP contribution in [0.5, 0.6) is 0 Å². The number of nitrogens with one attached hydrogen (secondary N) is 2. The molecular formula is C16H33IN4S. The van der Waals surface area contributed by atoms with E-state index in [2.05, 4.69) is 41.1 Å². The van der Waals surface area contributed by atoms with Crippen molar-refractivity contribution in [1.82, 2.24) is 15.5 Å². The van der Waals surface area contributed by atoms with E-state index in [1.54, 1.807) is 0 Å². The van der Waals surface area contributed by atoms with Gasteiger partial charge in [-0.25, -0.2) is 0 Å². The van der Waals surface area contributed by atoms with Gasteiger partial charge < -0.3 is 15.5 Å². The van der Waals surface area contributed by atoms with Crippen LogP contribution in [0.2, 0.25) is 0 Å². The van der Waals surface area contributed by atoms with Crippen LogP contribution in [0.4, 0.5) is 0 Å². The summed E-state index contributed by atoms with van der Waals surface area (Å²) in [5, 5.41) is 7.60. The molecule has 2 heterocycles. The Kier molecular flexibility index (Phi) is 10.9. The first-order valence-electron chi connectivity index (χ1n) is 8.64. The third-order valence-corrected chi connectivity index (χ3v) is 5.66. The molecule has 6 heteroatoms. The maximum Gasteiger partial charge on any atom is 0.191 e. The van der Waals surface area contributed by atoms with Crippen molar-refractivity contribution >= 4 is 41.7 Å². The van der Waals surface area contributed by atoms with Crippen LogP contribution in [-0.2, 0) is 0 Å². The SMILES string of the molecule is CCNC(=NCC1CCCS1)NCCN1CCCC(C)C1.I. The molecule has 2 aliphatic rings. The summed E-state index contributed by atoms with van der Waals surface area (Å²) in [4.78, 5) is 7.33. The molecule has 2 fully saturated rings. The topological polar surface area (TPSA) is 39.7 Å². The van der Waals surface area contributed by atoms with Crippen molar-refractivity contribution in [3.8, 4) is 0 Å². The van der Waals surface area contributed by atoms with Crippen LogP contribution >= 0.6 is 35.7 Å². The predicted octanol–water partition coefficient (Wildman–Crippen LogP) is 2.79. The molecule has 2 saturated heterocycles. The van der Waals surface area contributed by atoms with Gasteiger partial charge in [-0.2, -0.15) is 11.8 Å². The zero-order chi connectivity index (χ0) is 14.9. The lowest BCUT2D eigenvalue weighted by Crippen LogP contribution is -2.44. The molecule has 0 bridgehead atoms. The highest BCUT2D eigenvalue weighted by atomic mass is 127. The van der Waals surface area contributed by atoms with Crippen molar-refractivity contribution in [2.45, 2.75) is 44.8 Å². The van der Waals surface area contributed by atoms with Crippen LogP contribution in [0.3, 0.4) is 0 Å². The molecule has 0 aliphatic carbocycles. The molecule has 0 aromatic heterocycles. The number of hydrogen-bond donors (Lipinski definition) is 2. The summed E-state index contributed by atoms with van der Waals surface area (Å²) in [6, 6.07) is 0. The van der Waals surface area contributed by atoms with E-state index in [0.717, 1.165) is 43.3 Å². The lowest BCUT2D eigenvalue weighted by molar-refractivity contribution is 0.187. The van der Waals surface area contributed by atoms with E-state index in [-0.39, 0.29) is 24.0 Å². The van der Waals surface area contributed by atoms with Crippen LogP contribution < -0.4 is 10.6 Å². The first-order chi connectivity index (χ1) is 10.3. The number of nitrogens with zero attached hydrogens (tertiary/aromatic N) is 2. The van der Waals surface area contributed by atoms with Gasteiger partial charge in [-0.1, -0.05) is 6.92 Å². The Labute approximate surface area is 157 Å². The second-order valence-corrected chi connectivity index (χ2v) is 7.74. The van der Waals surface area contributed by atoms with Crippen LogP contribution in [0.15, 0.2) is 4.99 Å². The molecule has 0 aromatic rings. The smallest absolute Gasteiger partial charge is 0.191 e. The molecule has 4 nitrogen and oxygen atoms in total. The van der Waals surface area contributed by atoms with E-state index in [0.29, 0.717) is 0 Å². The van der Waals surface area contributed by atoms with Gasteiger partial charge in [0.15, 0.2) is 5.96 Å². The van der Waals surface area contributed by atoms with Gasteiger partial charge in [-0.15, -0.1) is 24.0 Å². The molecule has 2 rings (SSSR count). The minimum atomic E-state index is 0. The molecule has 2 N–H and O–H groups in total. The van der Waals surface area contributed by atoms with E-state index in [1.165, 1.54) is 44.5 Å². The van der Waals surface area contributed by atoms with E-state index < -0.39 is 0 Å². The van der Waals surface area contributed by atoms with Gasteiger partial charge in [0.2, 0.25) is 0 Å². The molecule has 2 aliphatic heterocycles. The first kappa shape index (κ1) is 20.4. The summed E-state index contributed by atoms with van der Waals surface area (Å²) < 4.78 is 0. The normalized spacial score (nSPS) is 26.5. The van der Waals surface area contributed by atoms with Crippen LogP contribution in [0.25, 0.3) is 0 Å². The number of rotatable bonds is 6. The monoisotopic (exact) mass is 440 g/mol. The Morgan fingerprint density at radius 1 is 1.27 bits per heavy atom. The van der Waals surface area contributed by atoms with Crippen molar-refractivity contribution in [2.75, 3.05) is 45.0 Å². The zero-order valence-electron chi connectivity index (χ0n) is 14.1. The number of likely N-dealkylation sites (tertiary alicyclic amines) is 1. The third kappa shape index (κ3) is 7.73. The summed E-state index contributed by atoms with van der Waals surface area (Å²) in [6.45, 7) is 11.0. The van der Waals surface area contributed by atoms with Gasteiger partial charge in [-0.05, 0) is 50.8 Å². The fourth-order valence-electron chi connectivity index (χ4n) is 3.15. The van der Waals surface area contributed by atoms with Crippen molar-refractivity contribution in [3.63, 3.8) is 0 Å². The van der Waals surface area contributed by atoms with Crippen molar-refractivity contribution in [1.29, 1.82) is 0 Å². The molecule has 22 heavy (non-hydrogen) atoms. The number of thioether (sulfide) groups is 1. The van der Waals surface area contributed by atoms with E-state index in [4.69, 9.17) is 4.99 Å². The summed E-state index contributed by atoms with van der Waals surface area (Å²) >= 11 is 2.08. The lowest BCUT2D eigenvalue weighted by Gasteiger charge is -2.30. The summed E-state index contributed by atoms with van der Waals surface area (Å²) in [7, 11) is 0. The molecule has 2 unspecified atom stereocenters. The number of hydrogen-bond acceptors (Lipinski definition) is 3. The molecule has 0 saturated carbocycles. The fraction of sp³-hybridized carbons (Fsp3) is 0.938. The highest BCUT2D eigenvalue weighted by Gasteiger charge is 2.16. The maximum atomic E-state index is 4.75. The molecule has 0 aromatic carbocycles. The molecule has 0 amide bonds. The number of aliphatic imine (C=N–C) groups is 1. The number of guanidine groups is 1. The van der Waals surface area contributed by atoms with Gasteiger partial charge in [-0.3, -0.25) is 4.99 Å². The van der Waals surface area contributed by atoms with Crippen LogP contribution in [0, 0.1) is 5.92 Å². The average molecular weight is 440 g/mol. The molecule has 0 spiro atoms. The Hall–Kier alpha value is 0.310. The van der Waals surface area contributed by atoms with Gasteiger partial charge in [0.25, 0.3) is 0 Å². The van der Waals surface area contributed by atoms with Gasteiger partial charge in [0, 0.05) is 31.4 Å².